The van der Waals surface area contributed by atoms with E-state index >= 15 is 0 Å². The number of carbonyl (C=O) groups is 1. The zero-order chi connectivity index (χ0) is 21.5. The third-order valence-electron chi connectivity index (χ3n) is 4.22. The highest BCUT2D eigenvalue weighted by Gasteiger charge is 2.31. The summed E-state index contributed by atoms with van der Waals surface area (Å²) in [6, 6.07) is 4.71. The lowest BCUT2D eigenvalue weighted by molar-refractivity contribution is -0.137. The number of nitrogens with one attached hydrogen (secondary N) is 2. The van der Waals surface area contributed by atoms with Crippen LogP contribution in [0.25, 0.3) is 16.8 Å². The van der Waals surface area contributed by atoms with E-state index in [4.69, 9.17) is 0 Å². The number of hydrogen-bond donors (Lipinski definition) is 3. The zero-order valence-electron chi connectivity index (χ0n) is 14.6. The van der Waals surface area contributed by atoms with Crippen LogP contribution in [0.15, 0.2) is 50.9 Å². The predicted molar refractivity (Wildman–Crippen MR) is 95.4 cm³/mol. The van der Waals surface area contributed by atoms with Crippen molar-refractivity contribution in [2.24, 2.45) is 0 Å². The van der Waals surface area contributed by atoms with Gasteiger partial charge in [-0.3, -0.25) is 19.1 Å². The molecule has 3 N–H and O–H groups in total. The van der Waals surface area contributed by atoms with Gasteiger partial charge in [-0.2, -0.15) is 13.2 Å². The van der Waals surface area contributed by atoms with E-state index in [0.29, 0.717) is 6.07 Å². The van der Waals surface area contributed by atoms with Crippen molar-refractivity contribution in [2.45, 2.75) is 13.1 Å². The van der Waals surface area contributed by atoms with Crippen LogP contribution >= 0.6 is 0 Å². The summed E-state index contributed by atoms with van der Waals surface area (Å²) < 4.78 is 40.0. The van der Waals surface area contributed by atoms with Gasteiger partial charge in [0.1, 0.15) is 5.56 Å². The summed E-state index contributed by atoms with van der Waals surface area (Å²) in [6.07, 6.45) is -3.66. The van der Waals surface area contributed by atoms with Crippen molar-refractivity contribution in [1.29, 1.82) is 0 Å². The Morgan fingerprint density at radius 3 is 2.38 bits per heavy atom. The molecule has 2 aromatic heterocycles. The van der Waals surface area contributed by atoms with E-state index in [2.05, 4.69) is 4.98 Å². The Balaban J connectivity index is 2.41. The highest BCUT2D eigenvalue weighted by atomic mass is 19.4. The third kappa shape index (κ3) is 3.61. The zero-order valence-corrected chi connectivity index (χ0v) is 14.6. The average molecular weight is 407 g/mol. The first kappa shape index (κ1) is 19.9. The van der Waals surface area contributed by atoms with Crippen molar-refractivity contribution >= 4 is 5.97 Å². The van der Waals surface area contributed by atoms with Crippen LogP contribution in [0, 0.1) is 6.92 Å². The van der Waals surface area contributed by atoms with E-state index in [1.807, 2.05) is 4.98 Å². The molecule has 0 aliphatic rings. The number of nitrogens with zero attached hydrogens (tertiary/aromatic N) is 1. The first-order valence-corrected chi connectivity index (χ1v) is 8.00. The fourth-order valence-corrected chi connectivity index (χ4v) is 2.87. The molecular weight excluding hydrogens is 395 g/mol. The molecule has 8 nitrogen and oxygen atoms in total. The molecular formula is C18H12F3N3O5. The number of carboxylic acids is 1. The molecule has 0 saturated carbocycles. The second kappa shape index (κ2) is 6.93. The molecule has 0 bridgehead atoms. The molecule has 1 aromatic carbocycles. The molecule has 0 radical (unpaired) electrons. The molecule has 0 atom stereocenters. The van der Waals surface area contributed by atoms with Gasteiger partial charge in [-0.25, -0.2) is 9.59 Å². The molecule has 0 unspecified atom stereocenters. The van der Waals surface area contributed by atoms with Crippen molar-refractivity contribution in [2.75, 3.05) is 0 Å². The van der Waals surface area contributed by atoms with Crippen molar-refractivity contribution in [3.8, 4) is 16.8 Å². The second-order valence-corrected chi connectivity index (χ2v) is 6.04. The topological polar surface area (TPSA) is 125 Å². The highest BCUT2D eigenvalue weighted by Crippen LogP contribution is 2.31. The maximum Gasteiger partial charge on any atom is 0.416 e. The SMILES string of the molecule is Cc1c(-c2c[nH]c(=O)[nH]c2=O)cc(C(=O)O)c(=O)n1-c1cccc(C(F)(F)F)c1. The van der Waals surface area contributed by atoms with Crippen molar-refractivity contribution in [1.82, 2.24) is 14.5 Å². The lowest BCUT2D eigenvalue weighted by Crippen LogP contribution is -2.29. The van der Waals surface area contributed by atoms with E-state index in [1.54, 1.807) is 0 Å². The molecule has 11 heteroatoms. The molecule has 0 aliphatic heterocycles. The van der Waals surface area contributed by atoms with Crippen LogP contribution in [0.2, 0.25) is 0 Å². The van der Waals surface area contributed by atoms with E-state index in [-0.39, 0.29) is 22.5 Å². The monoisotopic (exact) mass is 407 g/mol. The van der Waals surface area contributed by atoms with Gasteiger partial charge in [0, 0.05) is 23.1 Å². The van der Waals surface area contributed by atoms with Gasteiger partial charge in [0.15, 0.2) is 0 Å². The third-order valence-corrected chi connectivity index (χ3v) is 4.22. The number of alkyl halides is 3. The number of aromatic carboxylic acids is 1. The van der Waals surface area contributed by atoms with E-state index in [0.717, 1.165) is 29.0 Å². The molecule has 29 heavy (non-hydrogen) atoms. The maximum atomic E-state index is 13.1. The molecule has 0 amide bonds. The predicted octanol–water partition coefficient (Wildman–Crippen LogP) is 1.91. The lowest BCUT2D eigenvalue weighted by Gasteiger charge is -2.16. The van der Waals surface area contributed by atoms with Gasteiger partial charge >= 0.3 is 17.8 Å². The summed E-state index contributed by atoms with van der Waals surface area (Å²) in [5.74, 6) is -1.63. The number of aromatic nitrogens is 3. The molecule has 0 saturated heterocycles. The fraction of sp³-hybridized carbons (Fsp3) is 0.111. The van der Waals surface area contributed by atoms with Gasteiger partial charge in [0.05, 0.1) is 11.1 Å². The Labute approximate surface area is 158 Å². The number of halogens is 3. The largest absolute Gasteiger partial charge is 0.477 e. The highest BCUT2D eigenvalue weighted by molar-refractivity contribution is 5.89. The van der Waals surface area contributed by atoms with Crippen molar-refractivity contribution < 1.29 is 23.1 Å². The van der Waals surface area contributed by atoms with Crippen LogP contribution in [0.3, 0.4) is 0 Å². The van der Waals surface area contributed by atoms with E-state index in [1.165, 1.54) is 13.0 Å². The van der Waals surface area contributed by atoms with Crippen molar-refractivity contribution in [3.05, 3.63) is 84.5 Å². The van der Waals surface area contributed by atoms with Gasteiger partial charge in [0.2, 0.25) is 0 Å². The summed E-state index contributed by atoms with van der Waals surface area (Å²) in [4.78, 5) is 51.8. The quantitative estimate of drug-likeness (QED) is 0.612. The number of hydrogen-bond acceptors (Lipinski definition) is 4. The Kier molecular flexibility index (Phi) is 4.74. The maximum absolute atomic E-state index is 13.1. The minimum atomic E-state index is -4.68. The smallest absolute Gasteiger partial charge is 0.416 e. The summed E-state index contributed by atoms with van der Waals surface area (Å²) in [5, 5.41) is 9.36. The molecule has 3 rings (SSSR count). The number of aromatic amines is 2. The van der Waals surface area contributed by atoms with Crippen LogP contribution in [0.5, 0.6) is 0 Å². The van der Waals surface area contributed by atoms with Gasteiger partial charge in [-0.15, -0.1) is 0 Å². The molecule has 0 spiro atoms. The van der Waals surface area contributed by atoms with Crippen molar-refractivity contribution in [3.63, 3.8) is 0 Å². The molecule has 150 valence electrons. The second-order valence-electron chi connectivity index (χ2n) is 6.04. The normalized spacial score (nSPS) is 11.4. The number of H-pyrrole nitrogens is 2. The minimum absolute atomic E-state index is 0.0110. The fourth-order valence-electron chi connectivity index (χ4n) is 2.87. The number of carboxylic acid groups (broad SMARTS) is 1. The average Bonchev–Trinajstić information content (AvgIpc) is 2.62. The summed E-state index contributed by atoms with van der Waals surface area (Å²) in [5.41, 5.74) is -4.95. The first-order valence-electron chi connectivity index (χ1n) is 8.00. The van der Waals surface area contributed by atoms with Crippen LogP contribution in [-0.2, 0) is 6.18 Å². The molecule has 0 aliphatic carbocycles. The van der Waals surface area contributed by atoms with Gasteiger partial charge in [-0.05, 0) is 31.2 Å². The molecule has 3 aromatic rings. The number of pyridine rings is 1. The van der Waals surface area contributed by atoms with Crippen LogP contribution < -0.4 is 16.8 Å². The Morgan fingerprint density at radius 2 is 1.79 bits per heavy atom. The van der Waals surface area contributed by atoms with Gasteiger partial charge in [0.25, 0.3) is 11.1 Å². The Bertz CT molecular complexity index is 1300. The van der Waals surface area contributed by atoms with Crippen LogP contribution in [0.4, 0.5) is 13.2 Å². The molecule has 0 fully saturated rings. The summed E-state index contributed by atoms with van der Waals surface area (Å²) in [6.45, 7) is 1.34. The van der Waals surface area contributed by atoms with E-state index in [9.17, 15) is 37.5 Å². The summed E-state index contributed by atoms with van der Waals surface area (Å²) >= 11 is 0. The Morgan fingerprint density at radius 1 is 1.10 bits per heavy atom. The number of rotatable bonds is 3. The first-order chi connectivity index (χ1) is 13.5. The van der Waals surface area contributed by atoms with Crippen LogP contribution in [-0.4, -0.2) is 25.6 Å². The summed E-state index contributed by atoms with van der Waals surface area (Å²) in [7, 11) is 0. The lowest BCUT2D eigenvalue weighted by atomic mass is 10.0. The minimum Gasteiger partial charge on any atom is -0.477 e. The van der Waals surface area contributed by atoms with Gasteiger partial charge < -0.3 is 10.1 Å². The van der Waals surface area contributed by atoms with Crippen LogP contribution in [0.1, 0.15) is 21.6 Å². The standard InChI is InChI=1S/C18H12F3N3O5/c1-8-11(13-7-22-17(29)23-14(13)25)6-12(16(27)28)15(26)24(8)10-4-2-3-9(5-10)18(19,20)21/h2-7H,1H3,(H,27,28)(H2,22,23,25,29). The van der Waals surface area contributed by atoms with E-state index < -0.39 is 40.1 Å². The van der Waals surface area contributed by atoms with Gasteiger partial charge in [-0.1, -0.05) is 6.07 Å². The Hall–Kier alpha value is -3.89. The molecule has 2 heterocycles. The number of benzene rings is 1.